The number of benzene rings is 2. The second-order valence-electron chi connectivity index (χ2n) is 6.41. The molecule has 0 saturated heterocycles. The first-order valence-electron chi connectivity index (χ1n) is 6.47. The molecule has 0 aliphatic heterocycles. The van der Waals surface area contributed by atoms with Gasteiger partial charge in [-0.3, -0.25) is 3.71 Å². The molecule has 2 aromatic rings. The van der Waals surface area contributed by atoms with Crippen LogP contribution < -0.4 is 3.71 Å². The first-order chi connectivity index (χ1) is 9.12. The molecule has 0 N–H and O–H groups in total. The third-order valence-corrected chi connectivity index (χ3v) is 8.80. The lowest BCUT2D eigenvalue weighted by Crippen LogP contribution is -2.28. The van der Waals surface area contributed by atoms with E-state index in [0.717, 1.165) is 0 Å². The fraction of sp³-hybridized carbons (Fsp3) is 0.375. The van der Waals surface area contributed by atoms with Crippen LogP contribution in [0.4, 0.5) is 5.69 Å². The first-order valence-corrected chi connectivity index (χ1v) is 12.9. The summed E-state index contributed by atoms with van der Waals surface area (Å²) in [6.45, 7) is 0. The molecule has 2 aromatic carbocycles. The number of hydrogen-bond donors (Lipinski definition) is 0. The van der Waals surface area contributed by atoms with Crippen LogP contribution in [0.3, 0.4) is 0 Å². The van der Waals surface area contributed by atoms with E-state index in [1.54, 1.807) is 0 Å². The zero-order chi connectivity index (χ0) is 15.1. The van der Waals surface area contributed by atoms with E-state index < -0.39 is 20.4 Å². The molecule has 0 bridgehead atoms. The average molecular weight is 374 g/mol. The molecule has 1 nitrogen and oxygen atoms in total. The maximum Gasteiger partial charge on any atom is 0.0636 e. The van der Waals surface area contributed by atoms with Crippen LogP contribution in [0.25, 0.3) is 10.8 Å². The molecule has 0 amide bonds. The lowest BCUT2D eigenvalue weighted by Gasteiger charge is -2.53. The summed E-state index contributed by atoms with van der Waals surface area (Å²) in [5, 5.41) is 2.63. The number of halogens is 1. The van der Waals surface area contributed by atoms with Crippen molar-refractivity contribution >= 4 is 52.8 Å². The normalized spacial score (nSPS) is 14.3. The van der Waals surface area contributed by atoms with E-state index in [1.165, 1.54) is 20.9 Å². The van der Waals surface area contributed by atoms with Crippen LogP contribution in [0.5, 0.6) is 0 Å². The van der Waals surface area contributed by atoms with Crippen LogP contribution in [0.2, 0.25) is 0 Å². The Morgan fingerprint density at radius 1 is 0.750 bits per heavy atom. The molecule has 0 atom stereocenters. The number of anilines is 1. The quantitative estimate of drug-likeness (QED) is 0.673. The zero-order valence-electron chi connectivity index (χ0n) is 13.1. The molecule has 20 heavy (non-hydrogen) atoms. The van der Waals surface area contributed by atoms with E-state index in [1.807, 2.05) is 0 Å². The predicted octanol–water partition coefficient (Wildman–Crippen LogP) is 5.63. The Balaban J connectivity index is 2.76. The van der Waals surface area contributed by atoms with E-state index >= 15 is 0 Å². The maximum absolute atomic E-state index is 3.68. The van der Waals surface area contributed by atoms with Gasteiger partial charge in [-0.05, 0) is 55.1 Å². The molecule has 0 aliphatic rings. The van der Waals surface area contributed by atoms with Gasteiger partial charge in [0.05, 0.1) is 5.69 Å². The number of rotatable bonds is 3. The summed E-state index contributed by atoms with van der Waals surface area (Å²) in [4.78, 5) is 0. The van der Waals surface area contributed by atoms with Crippen molar-refractivity contribution in [1.29, 1.82) is 0 Å². The van der Waals surface area contributed by atoms with Gasteiger partial charge in [-0.1, -0.05) is 40.2 Å². The Morgan fingerprint density at radius 2 is 1.25 bits per heavy atom. The van der Waals surface area contributed by atoms with E-state index in [2.05, 4.69) is 93.6 Å². The molecule has 0 aliphatic carbocycles. The van der Waals surface area contributed by atoms with Crippen molar-refractivity contribution in [3.8, 4) is 0 Å². The van der Waals surface area contributed by atoms with E-state index in [4.69, 9.17) is 0 Å². The summed E-state index contributed by atoms with van der Waals surface area (Å²) in [6, 6.07) is 13.1. The van der Waals surface area contributed by atoms with Gasteiger partial charge in [0.2, 0.25) is 0 Å². The highest BCUT2D eigenvalue weighted by molar-refractivity contribution is 9.10. The molecule has 4 heteroatoms. The summed E-state index contributed by atoms with van der Waals surface area (Å²) in [6.07, 6.45) is 14.3. The Kier molecular flexibility index (Phi) is 4.39. The van der Waals surface area contributed by atoms with Gasteiger partial charge in [-0.15, -0.1) is 0 Å². The second-order valence-corrected chi connectivity index (χ2v) is 15.3. The number of fused-ring (bicyclic) bond motifs is 1. The van der Waals surface area contributed by atoms with Crippen LogP contribution in [-0.2, 0) is 0 Å². The molecule has 2 rings (SSSR count). The largest absolute Gasteiger partial charge is 0.298 e. The highest BCUT2D eigenvalue weighted by atomic mass is 79.9. The average Bonchev–Trinajstić information content (AvgIpc) is 2.26. The highest BCUT2D eigenvalue weighted by Gasteiger charge is 2.27. The molecular formula is C16H24BrNS2. The van der Waals surface area contributed by atoms with Crippen molar-refractivity contribution in [2.24, 2.45) is 0 Å². The van der Waals surface area contributed by atoms with Crippen molar-refractivity contribution in [1.82, 2.24) is 0 Å². The Morgan fingerprint density at radius 3 is 1.80 bits per heavy atom. The van der Waals surface area contributed by atoms with Crippen LogP contribution in [0.15, 0.2) is 40.9 Å². The fourth-order valence-corrected chi connectivity index (χ4v) is 10.0. The Labute approximate surface area is 134 Å². The molecule has 0 spiro atoms. The minimum Gasteiger partial charge on any atom is -0.298 e. The lowest BCUT2D eigenvalue weighted by atomic mass is 10.1. The smallest absolute Gasteiger partial charge is 0.0636 e. The van der Waals surface area contributed by atoms with Crippen LogP contribution >= 0.6 is 36.4 Å². The molecule has 0 fully saturated rings. The minimum absolute atomic E-state index is 0.825. The van der Waals surface area contributed by atoms with E-state index in [9.17, 15) is 0 Å². The topological polar surface area (TPSA) is 3.24 Å². The molecule has 0 aromatic heterocycles. The third kappa shape index (κ3) is 3.12. The van der Waals surface area contributed by atoms with Crippen molar-refractivity contribution in [2.75, 3.05) is 41.2 Å². The standard InChI is InChI=1S/C16H24BrNS2/c1-19(2,3)18(20(4,5)6)16-12-8-9-13-14(16)10-7-11-15(13)17/h7-12H,1-6H3. The van der Waals surface area contributed by atoms with Gasteiger partial charge in [0, 0.05) is 9.86 Å². The summed E-state index contributed by atoms with van der Waals surface area (Å²) in [5.41, 5.74) is 1.37. The first kappa shape index (κ1) is 16.1. The molecule has 0 unspecified atom stereocenters. The summed E-state index contributed by atoms with van der Waals surface area (Å²) in [5.74, 6) is 0. The Bertz CT molecular complexity index is 612. The van der Waals surface area contributed by atoms with Crippen molar-refractivity contribution < 1.29 is 0 Å². The van der Waals surface area contributed by atoms with Crippen LogP contribution in [0, 0.1) is 0 Å². The Hall–Kier alpha value is -0.320. The number of hydrogen-bond acceptors (Lipinski definition) is 1. The number of nitrogens with zero attached hydrogens (tertiary/aromatic N) is 1. The van der Waals surface area contributed by atoms with Crippen LogP contribution in [0.1, 0.15) is 0 Å². The zero-order valence-corrected chi connectivity index (χ0v) is 16.3. The van der Waals surface area contributed by atoms with Gasteiger partial charge < -0.3 is 0 Å². The van der Waals surface area contributed by atoms with Crippen molar-refractivity contribution in [3.05, 3.63) is 40.9 Å². The van der Waals surface area contributed by atoms with Gasteiger partial charge in [0.15, 0.2) is 0 Å². The fourth-order valence-electron chi connectivity index (χ4n) is 2.68. The van der Waals surface area contributed by atoms with Gasteiger partial charge >= 0.3 is 0 Å². The molecule has 0 saturated carbocycles. The van der Waals surface area contributed by atoms with Gasteiger partial charge in [0.25, 0.3) is 0 Å². The third-order valence-electron chi connectivity index (χ3n) is 3.04. The van der Waals surface area contributed by atoms with Crippen LogP contribution in [-0.4, -0.2) is 37.5 Å². The maximum atomic E-state index is 3.68. The molecule has 0 radical (unpaired) electrons. The summed E-state index contributed by atoms with van der Waals surface area (Å²) < 4.78 is 3.85. The van der Waals surface area contributed by atoms with Gasteiger partial charge in [0.1, 0.15) is 0 Å². The monoisotopic (exact) mass is 373 g/mol. The minimum atomic E-state index is -0.825. The predicted molar refractivity (Wildman–Crippen MR) is 105 cm³/mol. The van der Waals surface area contributed by atoms with Crippen molar-refractivity contribution in [3.63, 3.8) is 0 Å². The molecular weight excluding hydrogens is 350 g/mol. The van der Waals surface area contributed by atoms with Crippen molar-refractivity contribution in [2.45, 2.75) is 0 Å². The van der Waals surface area contributed by atoms with E-state index in [-0.39, 0.29) is 0 Å². The lowest BCUT2D eigenvalue weighted by molar-refractivity contribution is 1.58. The summed E-state index contributed by atoms with van der Waals surface area (Å²) >= 11 is 3.68. The van der Waals surface area contributed by atoms with Gasteiger partial charge in [-0.25, -0.2) is 0 Å². The molecule has 0 heterocycles. The highest BCUT2D eigenvalue weighted by Crippen LogP contribution is 2.60. The molecule has 112 valence electrons. The second kappa shape index (κ2) is 5.47. The van der Waals surface area contributed by atoms with E-state index in [0.29, 0.717) is 0 Å². The SMILES string of the molecule is CS(C)(C)N(c1cccc2c(Br)cccc12)S(C)(C)C. The summed E-state index contributed by atoms with van der Waals surface area (Å²) in [7, 11) is -1.65. The van der Waals surface area contributed by atoms with Gasteiger partial charge in [-0.2, -0.15) is 20.4 Å².